The summed E-state index contributed by atoms with van der Waals surface area (Å²) in [4.78, 5) is 33.4. The number of nitro benzene ring substituents is 1. The number of aliphatic hydroxyl groups excluding tert-OH is 1. The van der Waals surface area contributed by atoms with E-state index < -0.39 is 16.5 Å². The summed E-state index contributed by atoms with van der Waals surface area (Å²) in [5.74, 6) is -0.707. The molecule has 0 spiro atoms. The lowest BCUT2D eigenvalue weighted by Crippen LogP contribution is -2.30. The molecule has 112 valence electrons. The molecule has 0 aliphatic rings. The minimum Gasteiger partial charge on any atom is -0.422 e. The second-order valence-corrected chi connectivity index (χ2v) is 3.91. The van der Waals surface area contributed by atoms with Gasteiger partial charge in [0.05, 0.1) is 11.5 Å². The summed E-state index contributed by atoms with van der Waals surface area (Å²) in [7, 11) is 0. The van der Waals surface area contributed by atoms with Crippen LogP contribution in [0.25, 0.3) is 11.0 Å². The van der Waals surface area contributed by atoms with E-state index in [1.54, 1.807) is 0 Å². The van der Waals surface area contributed by atoms with Crippen LogP contribution in [0, 0.1) is 10.1 Å². The number of aliphatic hydroxyl groups is 1. The highest BCUT2D eigenvalue weighted by atomic mass is 16.6. The molecule has 21 heavy (non-hydrogen) atoms. The van der Waals surface area contributed by atoms with E-state index in [9.17, 15) is 19.7 Å². The van der Waals surface area contributed by atoms with Crippen molar-refractivity contribution < 1.29 is 24.7 Å². The summed E-state index contributed by atoms with van der Waals surface area (Å²) in [6, 6.07) is 4.93. The molecular weight excluding hydrogens is 284 g/mol. The molecule has 0 unspecified atom stereocenters. The number of carbonyl (C=O) groups excluding carboxylic acids is 1. The summed E-state index contributed by atoms with van der Waals surface area (Å²) in [6.45, 7) is -0.276. The smallest absolute Gasteiger partial charge is 0.349 e. The molecular formula is C12H12N2O7. The van der Waals surface area contributed by atoms with Gasteiger partial charge in [-0.05, 0) is 12.1 Å². The van der Waals surface area contributed by atoms with E-state index in [1.807, 2.05) is 0 Å². The first-order chi connectivity index (χ1) is 9.52. The van der Waals surface area contributed by atoms with E-state index in [4.69, 9.17) is 9.52 Å². The largest absolute Gasteiger partial charge is 0.422 e. The fourth-order valence-electron chi connectivity index (χ4n) is 1.65. The highest BCUT2D eigenvalue weighted by Crippen LogP contribution is 2.20. The van der Waals surface area contributed by atoms with Crippen LogP contribution < -0.4 is 10.9 Å². The zero-order chi connectivity index (χ0) is 14.7. The molecule has 0 aliphatic carbocycles. The number of hydrogen-bond donors (Lipinski definition) is 2. The van der Waals surface area contributed by atoms with Gasteiger partial charge in [0.2, 0.25) is 0 Å². The third-order valence-corrected chi connectivity index (χ3v) is 2.57. The van der Waals surface area contributed by atoms with E-state index in [0.29, 0.717) is 0 Å². The van der Waals surface area contributed by atoms with Gasteiger partial charge in [0.15, 0.2) is 0 Å². The molecule has 2 aromatic rings. The number of hydrogen-bond acceptors (Lipinski definition) is 6. The molecule has 0 atom stereocenters. The van der Waals surface area contributed by atoms with Crippen molar-refractivity contribution >= 4 is 22.6 Å². The maximum absolute atomic E-state index is 11.7. The Kier molecular flexibility index (Phi) is 5.11. The molecule has 1 aromatic carbocycles. The minimum absolute atomic E-state index is 0. The molecule has 0 radical (unpaired) electrons. The average molecular weight is 296 g/mol. The molecule has 4 N–H and O–H groups in total. The maximum atomic E-state index is 11.7. The van der Waals surface area contributed by atoms with Crippen molar-refractivity contribution in [1.82, 2.24) is 5.32 Å². The molecule has 9 nitrogen and oxygen atoms in total. The molecule has 0 saturated heterocycles. The van der Waals surface area contributed by atoms with Gasteiger partial charge in [-0.3, -0.25) is 14.9 Å². The van der Waals surface area contributed by atoms with Crippen LogP contribution in [0.15, 0.2) is 33.5 Å². The van der Waals surface area contributed by atoms with Crippen LogP contribution >= 0.6 is 0 Å². The Balaban J connectivity index is 0.00000220. The number of benzene rings is 1. The SMILES string of the molecule is O.O=C(NCCO)c1cc2cc([N+](=O)[O-])ccc2oc1=O. The van der Waals surface area contributed by atoms with E-state index in [2.05, 4.69) is 5.32 Å². The topological polar surface area (TPSA) is 154 Å². The maximum Gasteiger partial charge on any atom is 0.349 e. The summed E-state index contributed by atoms with van der Waals surface area (Å²) < 4.78 is 4.93. The van der Waals surface area contributed by atoms with Crippen LogP contribution in [-0.2, 0) is 0 Å². The number of nitro groups is 1. The van der Waals surface area contributed by atoms with E-state index in [1.165, 1.54) is 24.3 Å². The Morgan fingerprint density at radius 1 is 1.38 bits per heavy atom. The van der Waals surface area contributed by atoms with Crippen LogP contribution in [0.3, 0.4) is 0 Å². The molecule has 2 rings (SSSR count). The predicted molar refractivity (Wildman–Crippen MR) is 72.2 cm³/mol. The molecule has 0 fully saturated rings. The van der Waals surface area contributed by atoms with Crippen molar-refractivity contribution in [3.05, 3.63) is 50.4 Å². The Hall–Kier alpha value is -2.78. The molecule has 0 bridgehead atoms. The van der Waals surface area contributed by atoms with Gasteiger partial charge < -0.3 is 20.3 Å². The predicted octanol–water partition coefficient (Wildman–Crippen LogP) is -0.401. The van der Waals surface area contributed by atoms with E-state index >= 15 is 0 Å². The van der Waals surface area contributed by atoms with Crippen molar-refractivity contribution in [2.75, 3.05) is 13.2 Å². The van der Waals surface area contributed by atoms with Crippen LogP contribution in [0.2, 0.25) is 0 Å². The number of fused-ring (bicyclic) bond motifs is 1. The highest BCUT2D eigenvalue weighted by molar-refractivity contribution is 5.96. The van der Waals surface area contributed by atoms with Crippen molar-refractivity contribution in [2.45, 2.75) is 0 Å². The van der Waals surface area contributed by atoms with Crippen LogP contribution in [0.5, 0.6) is 0 Å². The van der Waals surface area contributed by atoms with E-state index in [-0.39, 0.29) is 40.8 Å². The standard InChI is InChI=1S/C12H10N2O6.H2O/c15-4-3-13-11(16)9-6-7-5-8(14(18)19)1-2-10(7)20-12(9)17;/h1-2,5-6,15H,3-4H2,(H,13,16);1H2. The molecule has 0 saturated carbocycles. The lowest BCUT2D eigenvalue weighted by Gasteiger charge is -2.03. The molecule has 1 heterocycles. The van der Waals surface area contributed by atoms with Gasteiger partial charge in [0, 0.05) is 24.1 Å². The molecule has 1 aromatic heterocycles. The Morgan fingerprint density at radius 2 is 2.10 bits per heavy atom. The monoisotopic (exact) mass is 296 g/mol. The summed E-state index contributed by atoms with van der Waals surface area (Å²) in [5, 5.41) is 21.9. The lowest BCUT2D eigenvalue weighted by molar-refractivity contribution is -0.384. The first-order valence-corrected chi connectivity index (χ1v) is 5.64. The number of amides is 1. The van der Waals surface area contributed by atoms with Gasteiger partial charge in [0.25, 0.3) is 11.6 Å². The van der Waals surface area contributed by atoms with Crippen LogP contribution in [-0.4, -0.2) is 34.6 Å². The number of non-ortho nitro benzene ring substituents is 1. The van der Waals surface area contributed by atoms with Gasteiger partial charge in [-0.25, -0.2) is 4.79 Å². The Bertz CT molecular complexity index is 738. The zero-order valence-corrected chi connectivity index (χ0v) is 10.7. The summed E-state index contributed by atoms with van der Waals surface area (Å²) in [6.07, 6.45) is 0. The van der Waals surface area contributed by atoms with Crippen molar-refractivity contribution in [2.24, 2.45) is 0 Å². The highest BCUT2D eigenvalue weighted by Gasteiger charge is 2.15. The van der Waals surface area contributed by atoms with Crippen LogP contribution in [0.4, 0.5) is 5.69 Å². The van der Waals surface area contributed by atoms with Crippen LogP contribution in [0.1, 0.15) is 10.4 Å². The third-order valence-electron chi connectivity index (χ3n) is 2.57. The van der Waals surface area contributed by atoms with Crippen molar-refractivity contribution in [3.63, 3.8) is 0 Å². The second kappa shape index (κ2) is 6.59. The zero-order valence-electron chi connectivity index (χ0n) is 10.7. The third kappa shape index (κ3) is 3.41. The number of rotatable bonds is 4. The number of nitrogens with one attached hydrogen (secondary N) is 1. The number of carbonyl (C=O) groups is 1. The fourth-order valence-corrected chi connectivity index (χ4v) is 1.65. The molecule has 9 heteroatoms. The van der Waals surface area contributed by atoms with Crippen molar-refractivity contribution in [3.8, 4) is 0 Å². The number of nitrogens with zero attached hydrogens (tertiary/aromatic N) is 1. The van der Waals surface area contributed by atoms with Crippen molar-refractivity contribution in [1.29, 1.82) is 0 Å². The van der Waals surface area contributed by atoms with Gasteiger partial charge >= 0.3 is 5.63 Å². The Morgan fingerprint density at radius 3 is 2.71 bits per heavy atom. The van der Waals surface area contributed by atoms with Gasteiger partial charge in [0.1, 0.15) is 11.1 Å². The first kappa shape index (κ1) is 16.3. The quantitative estimate of drug-likeness (QED) is 0.444. The first-order valence-electron chi connectivity index (χ1n) is 5.64. The normalized spacial score (nSPS) is 9.95. The molecule has 1 amide bonds. The minimum atomic E-state index is -0.846. The van der Waals surface area contributed by atoms with Gasteiger partial charge in [-0.1, -0.05) is 0 Å². The lowest BCUT2D eigenvalue weighted by atomic mass is 10.1. The fraction of sp³-hybridized carbons (Fsp3) is 0.167. The van der Waals surface area contributed by atoms with E-state index in [0.717, 1.165) is 0 Å². The van der Waals surface area contributed by atoms with Gasteiger partial charge in [-0.15, -0.1) is 0 Å². The molecule has 0 aliphatic heterocycles. The Labute approximate surface area is 117 Å². The van der Waals surface area contributed by atoms with Gasteiger partial charge in [-0.2, -0.15) is 0 Å². The summed E-state index contributed by atoms with van der Waals surface area (Å²) >= 11 is 0. The average Bonchev–Trinajstić information content (AvgIpc) is 2.43. The summed E-state index contributed by atoms with van der Waals surface area (Å²) in [5.41, 5.74) is -1.14. The second-order valence-electron chi connectivity index (χ2n) is 3.91.